The highest BCUT2D eigenvalue weighted by Crippen LogP contribution is 2.44. The molecule has 5 nitrogen and oxygen atoms in total. The van der Waals surface area contributed by atoms with Crippen molar-refractivity contribution in [2.75, 3.05) is 12.0 Å². The van der Waals surface area contributed by atoms with Crippen molar-refractivity contribution in [1.82, 2.24) is 0 Å². The zero-order valence-electron chi connectivity index (χ0n) is 16.9. The van der Waals surface area contributed by atoms with Crippen LogP contribution in [0.2, 0.25) is 0 Å². The van der Waals surface area contributed by atoms with Gasteiger partial charge in [0, 0.05) is 10.6 Å². The van der Waals surface area contributed by atoms with E-state index in [1.165, 1.54) is 23.3 Å². The van der Waals surface area contributed by atoms with E-state index in [1.807, 2.05) is 49.6 Å². The van der Waals surface area contributed by atoms with Gasteiger partial charge in [0.15, 0.2) is 0 Å². The molecule has 30 heavy (non-hydrogen) atoms. The molecule has 1 atom stereocenters. The highest BCUT2D eigenvalue weighted by molar-refractivity contribution is 7.10. The number of Topliss-reactive ketones (excluding diaryl/α,β-unsaturated/α-hetero) is 1. The second kappa shape index (κ2) is 7.80. The van der Waals surface area contributed by atoms with Crippen molar-refractivity contribution in [1.29, 1.82) is 0 Å². The van der Waals surface area contributed by atoms with E-state index in [0.29, 0.717) is 17.0 Å². The number of carbonyl (C=O) groups is 2. The number of aliphatic hydroxyl groups excluding tert-OH is 1. The van der Waals surface area contributed by atoms with Gasteiger partial charge < -0.3 is 9.84 Å². The molecule has 1 unspecified atom stereocenters. The zero-order valence-corrected chi connectivity index (χ0v) is 17.7. The largest absolute Gasteiger partial charge is 0.507 e. The minimum atomic E-state index is -0.712. The molecule has 1 aliphatic rings. The number of anilines is 1. The fourth-order valence-electron chi connectivity index (χ4n) is 3.89. The molecular formula is C24H21NO4S. The molecule has 4 rings (SSSR count). The third kappa shape index (κ3) is 3.29. The minimum absolute atomic E-state index is 0.0612. The Kier molecular flexibility index (Phi) is 5.18. The summed E-state index contributed by atoms with van der Waals surface area (Å²) < 4.78 is 5.36. The molecule has 0 bridgehead atoms. The van der Waals surface area contributed by atoms with Crippen LogP contribution in [-0.4, -0.2) is 23.9 Å². The van der Waals surface area contributed by atoms with E-state index in [9.17, 15) is 14.7 Å². The Bertz CT molecular complexity index is 1140. The standard InChI is InChI=1S/C24H21NO4S/c1-14-11-15(2)13-16(12-14)25-21(19-9-6-10-30-19)20(23(27)24(25)28)22(26)17-7-4-5-8-18(17)29-3/h4-13,21,26H,1-3H3/b22-20-. The summed E-state index contributed by atoms with van der Waals surface area (Å²) in [6.07, 6.45) is 0. The molecule has 3 aromatic rings. The summed E-state index contributed by atoms with van der Waals surface area (Å²) >= 11 is 1.43. The van der Waals surface area contributed by atoms with Gasteiger partial charge in [0.25, 0.3) is 11.7 Å². The van der Waals surface area contributed by atoms with E-state index in [2.05, 4.69) is 0 Å². The second-order valence-electron chi connectivity index (χ2n) is 7.23. The molecule has 1 aromatic heterocycles. The molecule has 1 fully saturated rings. The third-order valence-corrected chi connectivity index (χ3v) is 6.03. The molecule has 1 aliphatic heterocycles. The van der Waals surface area contributed by atoms with E-state index in [4.69, 9.17) is 4.74 Å². The molecule has 0 saturated carbocycles. The van der Waals surface area contributed by atoms with Crippen molar-refractivity contribution in [3.63, 3.8) is 0 Å². The van der Waals surface area contributed by atoms with Crippen LogP contribution in [0.15, 0.2) is 65.6 Å². The van der Waals surface area contributed by atoms with Gasteiger partial charge in [-0.05, 0) is 60.7 Å². The number of aliphatic hydroxyl groups is 1. The van der Waals surface area contributed by atoms with Crippen molar-refractivity contribution >= 4 is 34.5 Å². The molecule has 1 saturated heterocycles. The smallest absolute Gasteiger partial charge is 0.300 e. The van der Waals surface area contributed by atoms with Gasteiger partial charge in [-0.15, -0.1) is 11.3 Å². The van der Waals surface area contributed by atoms with Crippen LogP contribution < -0.4 is 9.64 Å². The number of methoxy groups -OCH3 is 1. The minimum Gasteiger partial charge on any atom is -0.507 e. The Hall–Kier alpha value is -3.38. The van der Waals surface area contributed by atoms with E-state index < -0.39 is 17.7 Å². The average Bonchev–Trinajstić information content (AvgIpc) is 3.34. The van der Waals surface area contributed by atoms with Crippen LogP contribution >= 0.6 is 11.3 Å². The van der Waals surface area contributed by atoms with E-state index >= 15 is 0 Å². The molecule has 2 heterocycles. The number of carbonyl (C=O) groups excluding carboxylic acids is 2. The van der Waals surface area contributed by atoms with Crippen molar-refractivity contribution < 1.29 is 19.4 Å². The maximum atomic E-state index is 13.1. The lowest BCUT2D eigenvalue weighted by molar-refractivity contribution is -0.132. The fraction of sp³-hybridized carbons (Fsp3) is 0.167. The highest BCUT2D eigenvalue weighted by Gasteiger charge is 2.47. The predicted octanol–water partition coefficient (Wildman–Crippen LogP) is 5.00. The first-order valence-electron chi connectivity index (χ1n) is 9.48. The molecule has 152 valence electrons. The van der Waals surface area contributed by atoms with E-state index in [0.717, 1.165) is 16.0 Å². The summed E-state index contributed by atoms with van der Waals surface area (Å²) in [4.78, 5) is 28.6. The molecular weight excluding hydrogens is 398 g/mol. The van der Waals surface area contributed by atoms with E-state index in [1.54, 1.807) is 24.3 Å². The van der Waals surface area contributed by atoms with Crippen molar-refractivity contribution in [3.8, 4) is 5.75 Å². The topological polar surface area (TPSA) is 66.8 Å². The number of para-hydroxylation sites is 1. The molecule has 0 radical (unpaired) electrons. The molecule has 0 spiro atoms. The monoisotopic (exact) mass is 419 g/mol. The quantitative estimate of drug-likeness (QED) is 0.367. The summed E-state index contributed by atoms with van der Waals surface area (Å²) in [6, 6.07) is 15.7. The lowest BCUT2D eigenvalue weighted by Gasteiger charge is -2.25. The molecule has 2 aromatic carbocycles. The molecule has 1 N–H and O–H groups in total. The van der Waals surface area contributed by atoms with Gasteiger partial charge in [-0.25, -0.2) is 0 Å². The number of benzene rings is 2. The SMILES string of the molecule is COc1ccccc1/C(O)=C1/C(=O)C(=O)N(c2cc(C)cc(C)c2)C1c1cccs1. The predicted molar refractivity (Wildman–Crippen MR) is 118 cm³/mol. The summed E-state index contributed by atoms with van der Waals surface area (Å²) in [5.74, 6) is -1.18. The molecule has 6 heteroatoms. The lowest BCUT2D eigenvalue weighted by atomic mass is 9.99. The first kappa shape index (κ1) is 19.9. The van der Waals surface area contributed by atoms with Crippen molar-refractivity contribution in [2.45, 2.75) is 19.9 Å². The van der Waals surface area contributed by atoms with Gasteiger partial charge in [-0.2, -0.15) is 0 Å². The lowest BCUT2D eigenvalue weighted by Crippen LogP contribution is -2.29. The van der Waals surface area contributed by atoms with Gasteiger partial charge >= 0.3 is 0 Å². The van der Waals surface area contributed by atoms with Crippen molar-refractivity contribution in [3.05, 3.63) is 87.1 Å². The third-order valence-electron chi connectivity index (χ3n) is 5.10. The number of thiophene rings is 1. The first-order chi connectivity index (χ1) is 14.4. The Balaban J connectivity index is 1.97. The van der Waals surface area contributed by atoms with Crippen LogP contribution in [0.3, 0.4) is 0 Å². The van der Waals surface area contributed by atoms with Crippen LogP contribution in [0.25, 0.3) is 5.76 Å². The zero-order chi connectivity index (χ0) is 21.4. The molecule has 1 amide bonds. The van der Waals surface area contributed by atoms with E-state index in [-0.39, 0.29) is 11.3 Å². The number of amides is 1. The Morgan fingerprint density at radius 2 is 1.73 bits per heavy atom. The van der Waals surface area contributed by atoms with Crippen LogP contribution in [0.5, 0.6) is 5.75 Å². The number of nitrogens with zero attached hydrogens (tertiary/aromatic N) is 1. The molecule has 0 aliphatic carbocycles. The number of ether oxygens (including phenoxy) is 1. The number of aryl methyl sites for hydroxylation is 2. The summed E-state index contributed by atoms with van der Waals surface area (Å²) in [5.41, 5.74) is 3.04. The Morgan fingerprint density at radius 1 is 1.03 bits per heavy atom. The van der Waals surface area contributed by atoms with Crippen LogP contribution in [0.4, 0.5) is 5.69 Å². The summed E-state index contributed by atoms with van der Waals surface area (Å²) in [6.45, 7) is 3.89. The fourth-order valence-corrected chi connectivity index (χ4v) is 4.71. The maximum absolute atomic E-state index is 13.1. The first-order valence-corrected chi connectivity index (χ1v) is 10.4. The maximum Gasteiger partial charge on any atom is 0.300 e. The van der Waals surface area contributed by atoms with Gasteiger partial charge in [0.05, 0.1) is 18.2 Å². The van der Waals surface area contributed by atoms with Crippen LogP contribution in [-0.2, 0) is 9.59 Å². The summed E-state index contributed by atoms with van der Waals surface area (Å²) in [5, 5.41) is 13.1. The highest BCUT2D eigenvalue weighted by atomic mass is 32.1. The number of rotatable bonds is 4. The second-order valence-corrected chi connectivity index (χ2v) is 8.21. The number of hydrogen-bond donors (Lipinski definition) is 1. The normalized spacial score (nSPS) is 18.1. The average molecular weight is 420 g/mol. The summed E-state index contributed by atoms with van der Waals surface area (Å²) in [7, 11) is 1.50. The van der Waals surface area contributed by atoms with Gasteiger partial charge in [0.2, 0.25) is 0 Å². The van der Waals surface area contributed by atoms with Crippen LogP contribution in [0.1, 0.15) is 27.6 Å². The Morgan fingerprint density at radius 3 is 2.37 bits per heavy atom. The van der Waals surface area contributed by atoms with Gasteiger partial charge in [0.1, 0.15) is 17.6 Å². The van der Waals surface area contributed by atoms with Gasteiger partial charge in [-0.3, -0.25) is 14.5 Å². The number of ketones is 1. The van der Waals surface area contributed by atoms with Crippen molar-refractivity contribution in [2.24, 2.45) is 0 Å². The van der Waals surface area contributed by atoms with Gasteiger partial charge in [-0.1, -0.05) is 24.3 Å². The Labute approximate surface area is 178 Å². The van der Waals surface area contributed by atoms with Crippen LogP contribution in [0, 0.1) is 13.8 Å². The number of hydrogen-bond acceptors (Lipinski definition) is 5.